The summed E-state index contributed by atoms with van der Waals surface area (Å²) in [6.45, 7) is 6.80. The quantitative estimate of drug-likeness (QED) is 0.913. The molecule has 2 rings (SSSR count). The van der Waals surface area contributed by atoms with Gasteiger partial charge in [0.2, 0.25) is 11.7 Å². The van der Waals surface area contributed by atoms with Crippen LogP contribution in [0.25, 0.3) is 11.4 Å². The number of benzene rings is 1. The van der Waals surface area contributed by atoms with Gasteiger partial charge in [-0.2, -0.15) is 4.98 Å². The Hall–Kier alpha value is -0.910. The maximum atomic E-state index is 5.95. The molecule has 1 aromatic heterocycles. The van der Waals surface area contributed by atoms with Crippen LogP contribution in [0, 0.1) is 0 Å². The molecule has 1 heterocycles. The SMILES string of the molecule is CC(C)(C)NCc1nc(-c2ccc(Cl)c(Br)c2)no1. The molecule has 1 N–H and O–H groups in total. The Morgan fingerprint density at radius 1 is 1.37 bits per heavy atom. The Labute approximate surface area is 125 Å². The highest BCUT2D eigenvalue weighted by Gasteiger charge is 2.13. The molecule has 0 atom stereocenters. The first-order valence-corrected chi connectivity index (χ1v) is 7.05. The predicted molar refractivity (Wildman–Crippen MR) is 79.0 cm³/mol. The minimum absolute atomic E-state index is 0.0118. The van der Waals surface area contributed by atoms with Crippen molar-refractivity contribution in [3.63, 3.8) is 0 Å². The molecule has 0 aliphatic rings. The predicted octanol–water partition coefficient (Wildman–Crippen LogP) is 4.04. The second-order valence-corrected chi connectivity index (χ2v) is 6.51. The fourth-order valence-corrected chi connectivity index (χ4v) is 1.92. The highest BCUT2D eigenvalue weighted by molar-refractivity contribution is 9.10. The van der Waals surface area contributed by atoms with Crippen molar-refractivity contribution < 1.29 is 4.52 Å². The summed E-state index contributed by atoms with van der Waals surface area (Å²) in [4.78, 5) is 4.35. The molecule has 0 fully saturated rings. The van der Waals surface area contributed by atoms with Crippen LogP contribution in [-0.2, 0) is 6.54 Å². The number of rotatable bonds is 3. The third-order valence-corrected chi connectivity index (χ3v) is 3.63. The van der Waals surface area contributed by atoms with Crippen molar-refractivity contribution in [1.29, 1.82) is 0 Å². The maximum Gasteiger partial charge on any atom is 0.240 e. The van der Waals surface area contributed by atoms with Gasteiger partial charge in [0, 0.05) is 15.6 Å². The van der Waals surface area contributed by atoms with E-state index in [4.69, 9.17) is 16.1 Å². The first kappa shape index (κ1) is 14.5. The lowest BCUT2D eigenvalue weighted by Gasteiger charge is -2.18. The van der Waals surface area contributed by atoms with Crippen LogP contribution in [0.2, 0.25) is 5.02 Å². The van der Waals surface area contributed by atoms with Gasteiger partial charge >= 0.3 is 0 Å². The van der Waals surface area contributed by atoms with Gasteiger partial charge in [-0.05, 0) is 54.9 Å². The first-order chi connectivity index (χ1) is 8.85. The highest BCUT2D eigenvalue weighted by atomic mass is 79.9. The van der Waals surface area contributed by atoms with Crippen LogP contribution in [0.15, 0.2) is 27.2 Å². The van der Waals surface area contributed by atoms with E-state index in [-0.39, 0.29) is 5.54 Å². The molecule has 0 bridgehead atoms. The average molecular weight is 345 g/mol. The van der Waals surface area contributed by atoms with Crippen molar-refractivity contribution in [3.8, 4) is 11.4 Å². The van der Waals surface area contributed by atoms with Gasteiger partial charge in [0.05, 0.1) is 11.6 Å². The Balaban J connectivity index is 2.14. The minimum Gasteiger partial charge on any atom is -0.338 e. The average Bonchev–Trinajstić information content (AvgIpc) is 2.78. The van der Waals surface area contributed by atoms with Gasteiger partial charge < -0.3 is 9.84 Å². The fraction of sp³-hybridized carbons (Fsp3) is 0.385. The van der Waals surface area contributed by atoms with Gasteiger partial charge in [-0.25, -0.2) is 0 Å². The van der Waals surface area contributed by atoms with Crippen LogP contribution in [0.1, 0.15) is 26.7 Å². The Kier molecular flexibility index (Phi) is 4.28. The van der Waals surface area contributed by atoms with Crippen LogP contribution in [0.5, 0.6) is 0 Å². The molecule has 19 heavy (non-hydrogen) atoms. The van der Waals surface area contributed by atoms with E-state index >= 15 is 0 Å². The summed E-state index contributed by atoms with van der Waals surface area (Å²) in [6.07, 6.45) is 0. The number of hydrogen-bond acceptors (Lipinski definition) is 4. The zero-order valence-electron chi connectivity index (χ0n) is 11.0. The summed E-state index contributed by atoms with van der Waals surface area (Å²) >= 11 is 9.33. The smallest absolute Gasteiger partial charge is 0.240 e. The van der Waals surface area contributed by atoms with Gasteiger partial charge in [-0.3, -0.25) is 0 Å². The third-order valence-electron chi connectivity index (χ3n) is 2.42. The van der Waals surface area contributed by atoms with E-state index in [0.29, 0.717) is 23.3 Å². The normalized spacial score (nSPS) is 11.8. The van der Waals surface area contributed by atoms with E-state index in [0.717, 1.165) is 10.0 Å². The summed E-state index contributed by atoms with van der Waals surface area (Å²) in [6, 6.07) is 5.53. The molecule has 0 saturated carbocycles. The monoisotopic (exact) mass is 343 g/mol. The van der Waals surface area contributed by atoms with Gasteiger partial charge in [0.1, 0.15) is 0 Å². The van der Waals surface area contributed by atoms with Crippen LogP contribution in [0.3, 0.4) is 0 Å². The summed E-state index contributed by atoms with van der Waals surface area (Å²) in [5, 5.41) is 7.92. The Morgan fingerprint density at radius 2 is 2.11 bits per heavy atom. The van der Waals surface area contributed by atoms with E-state index in [1.54, 1.807) is 6.07 Å². The summed E-state index contributed by atoms with van der Waals surface area (Å²) in [5.41, 5.74) is 0.875. The molecule has 1 aromatic carbocycles. The molecule has 0 spiro atoms. The van der Waals surface area contributed by atoms with E-state index in [1.165, 1.54) is 0 Å². The molecule has 4 nitrogen and oxygen atoms in total. The molecule has 102 valence electrons. The minimum atomic E-state index is 0.0118. The number of nitrogens with one attached hydrogen (secondary N) is 1. The van der Waals surface area contributed by atoms with Crippen LogP contribution in [-0.4, -0.2) is 15.7 Å². The molecule has 0 radical (unpaired) electrons. The van der Waals surface area contributed by atoms with Crippen molar-refractivity contribution in [3.05, 3.63) is 33.6 Å². The largest absolute Gasteiger partial charge is 0.338 e. The lowest BCUT2D eigenvalue weighted by atomic mass is 10.1. The number of halogens is 2. The number of nitrogens with zero attached hydrogens (tertiary/aromatic N) is 2. The fourth-order valence-electron chi connectivity index (χ4n) is 1.42. The van der Waals surface area contributed by atoms with Crippen molar-refractivity contribution in [2.45, 2.75) is 32.9 Å². The zero-order valence-corrected chi connectivity index (χ0v) is 13.3. The molecule has 2 aromatic rings. The zero-order chi connectivity index (χ0) is 14.0. The van der Waals surface area contributed by atoms with E-state index in [1.807, 2.05) is 12.1 Å². The Bertz CT molecular complexity index is 578. The molecule has 0 aliphatic carbocycles. The number of aromatic nitrogens is 2. The summed E-state index contributed by atoms with van der Waals surface area (Å²) in [5.74, 6) is 1.12. The van der Waals surface area contributed by atoms with E-state index in [2.05, 4.69) is 52.2 Å². The Morgan fingerprint density at radius 3 is 2.74 bits per heavy atom. The molecule has 6 heteroatoms. The second-order valence-electron chi connectivity index (χ2n) is 5.24. The number of hydrogen-bond donors (Lipinski definition) is 1. The van der Waals surface area contributed by atoms with Crippen molar-refractivity contribution >= 4 is 27.5 Å². The standard InChI is InChI=1S/C13H15BrClN3O/c1-13(2,3)16-7-11-17-12(18-19-11)8-4-5-10(15)9(14)6-8/h4-6,16H,7H2,1-3H3. The van der Waals surface area contributed by atoms with E-state index in [9.17, 15) is 0 Å². The lowest BCUT2D eigenvalue weighted by molar-refractivity contribution is 0.336. The second kappa shape index (κ2) is 5.61. The van der Waals surface area contributed by atoms with Crippen molar-refractivity contribution in [2.75, 3.05) is 0 Å². The highest BCUT2D eigenvalue weighted by Crippen LogP contribution is 2.27. The van der Waals surface area contributed by atoms with Gasteiger partial charge in [0.15, 0.2) is 0 Å². The van der Waals surface area contributed by atoms with Gasteiger partial charge in [0.25, 0.3) is 0 Å². The molecule has 0 saturated heterocycles. The van der Waals surface area contributed by atoms with Crippen molar-refractivity contribution in [1.82, 2.24) is 15.5 Å². The van der Waals surface area contributed by atoms with Gasteiger partial charge in [-0.15, -0.1) is 0 Å². The third kappa shape index (κ3) is 4.03. The molecule has 0 amide bonds. The molecule has 0 aliphatic heterocycles. The molecular weight excluding hydrogens is 330 g/mol. The van der Waals surface area contributed by atoms with E-state index < -0.39 is 0 Å². The van der Waals surface area contributed by atoms with Crippen molar-refractivity contribution in [2.24, 2.45) is 0 Å². The molecule has 0 unspecified atom stereocenters. The summed E-state index contributed by atoms with van der Waals surface area (Å²) < 4.78 is 6.02. The topological polar surface area (TPSA) is 51.0 Å². The summed E-state index contributed by atoms with van der Waals surface area (Å²) in [7, 11) is 0. The van der Waals surface area contributed by atoms with Crippen LogP contribution in [0.4, 0.5) is 0 Å². The van der Waals surface area contributed by atoms with Crippen LogP contribution < -0.4 is 5.32 Å². The van der Waals surface area contributed by atoms with Gasteiger partial charge in [-0.1, -0.05) is 16.8 Å². The lowest BCUT2D eigenvalue weighted by Crippen LogP contribution is -2.35. The molecular formula is C13H15BrClN3O. The van der Waals surface area contributed by atoms with Crippen LogP contribution >= 0.6 is 27.5 Å². The maximum absolute atomic E-state index is 5.95. The first-order valence-electron chi connectivity index (χ1n) is 5.88.